The van der Waals surface area contributed by atoms with E-state index in [4.69, 9.17) is 4.74 Å². The summed E-state index contributed by atoms with van der Waals surface area (Å²) in [6, 6.07) is 7.03. The Bertz CT molecular complexity index is 398. The van der Waals surface area contributed by atoms with Gasteiger partial charge in [-0.25, -0.2) is 0 Å². The summed E-state index contributed by atoms with van der Waals surface area (Å²) in [4.78, 5) is 0. The summed E-state index contributed by atoms with van der Waals surface area (Å²) >= 11 is 0. The molecule has 0 fully saturated rings. The van der Waals surface area contributed by atoms with Crippen LogP contribution in [0.25, 0.3) is 0 Å². The van der Waals surface area contributed by atoms with E-state index < -0.39 is 0 Å². The third-order valence-electron chi connectivity index (χ3n) is 3.32. The Morgan fingerprint density at radius 3 is 2.88 bits per heavy atom. The fraction of sp³-hybridized carbons (Fsp3) is 0.467. The first-order valence-corrected chi connectivity index (χ1v) is 6.31. The van der Waals surface area contributed by atoms with Gasteiger partial charge in [0.15, 0.2) is 0 Å². The molecule has 2 nitrogen and oxygen atoms in total. The van der Waals surface area contributed by atoms with E-state index in [1.807, 2.05) is 6.07 Å². The molecule has 1 atom stereocenters. The Labute approximate surface area is 104 Å². The molecule has 2 heteroatoms. The molecular weight excluding hydrogens is 210 g/mol. The molecule has 0 saturated heterocycles. The molecule has 0 heterocycles. The first kappa shape index (κ1) is 12.2. The average Bonchev–Trinajstić information content (AvgIpc) is 2.38. The zero-order valence-corrected chi connectivity index (χ0v) is 10.7. The molecule has 17 heavy (non-hydrogen) atoms. The normalized spacial score (nSPS) is 19.3. The van der Waals surface area contributed by atoms with E-state index in [1.165, 1.54) is 24.0 Å². The number of nitrogens with one attached hydrogen (secondary N) is 1. The van der Waals surface area contributed by atoms with Crippen LogP contribution in [0.2, 0.25) is 0 Å². The van der Waals surface area contributed by atoms with Gasteiger partial charge in [-0.3, -0.25) is 0 Å². The van der Waals surface area contributed by atoms with Crippen molar-refractivity contribution in [1.82, 2.24) is 5.32 Å². The number of rotatable bonds is 4. The average molecular weight is 231 g/mol. The quantitative estimate of drug-likeness (QED) is 0.803. The molecule has 0 aliphatic heterocycles. The van der Waals surface area contributed by atoms with Gasteiger partial charge in [0.1, 0.15) is 5.75 Å². The van der Waals surface area contributed by atoms with Gasteiger partial charge in [0.25, 0.3) is 0 Å². The highest BCUT2D eigenvalue weighted by molar-refractivity contribution is 5.36. The minimum atomic E-state index is 0.641. The van der Waals surface area contributed by atoms with Crippen LogP contribution in [-0.2, 0) is 6.54 Å². The third kappa shape index (κ3) is 3.34. The van der Waals surface area contributed by atoms with E-state index in [1.54, 1.807) is 7.11 Å². The molecule has 1 aromatic rings. The Morgan fingerprint density at radius 2 is 2.24 bits per heavy atom. The SMILES string of the molecule is COc1ccc(CNC2CC=CCC2)cc1C. The fourth-order valence-electron chi connectivity index (χ4n) is 2.29. The zero-order valence-electron chi connectivity index (χ0n) is 10.7. The molecule has 92 valence electrons. The predicted octanol–water partition coefficient (Wildman–Crippen LogP) is 3.20. The monoisotopic (exact) mass is 231 g/mol. The summed E-state index contributed by atoms with van der Waals surface area (Å²) < 4.78 is 5.26. The van der Waals surface area contributed by atoms with Crippen LogP contribution in [0.15, 0.2) is 30.4 Å². The second-order valence-electron chi connectivity index (χ2n) is 4.67. The third-order valence-corrected chi connectivity index (χ3v) is 3.32. The zero-order chi connectivity index (χ0) is 12.1. The van der Waals surface area contributed by atoms with Crippen LogP contribution in [0.5, 0.6) is 5.75 Å². The van der Waals surface area contributed by atoms with Gasteiger partial charge >= 0.3 is 0 Å². The lowest BCUT2D eigenvalue weighted by atomic mass is 10.0. The van der Waals surface area contributed by atoms with Crippen molar-refractivity contribution in [1.29, 1.82) is 0 Å². The Kier molecular flexibility index (Phi) is 4.21. The standard InChI is InChI=1S/C15H21NO/c1-12-10-13(8-9-15(12)17-2)11-16-14-6-4-3-5-7-14/h3-4,8-10,14,16H,5-7,11H2,1-2H3. The summed E-state index contributed by atoms with van der Waals surface area (Å²) in [5, 5.41) is 3.61. The highest BCUT2D eigenvalue weighted by Gasteiger charge is 2.08. The molecule has 0 saturated carbocycles. The number of ether oxygens (including phenoxy) is 1. The van der Waals surface area contributed by atoms with E-state index in [0.29, 0.717) is 6.04 Å². The van der Waals surface area contributed by atoms with Gasteiger partial charge in [0.2, 0.25) is 0 Å². The predicted molar refractivity (Wildman–Crippen MR) is 71.3 cm³/mol. The molecular formula is C15H21NO. The first-order chi connectivity index (χ1) is 8.29. The molecule has 0 amide bonds. The minimum Gasteiger partial charge on any atom is -0.496 e. The van der Waals surface area contributed by atoms with Crippen molar-refractivity contribution in [3.63, 3.8) is 0 Å². The molecule has 0 aromatic heterocycles. The van der Waals surface area contributed by atoms with Crippen LogP contribution in [-0.4, -0.2) is 13.2 Å². The molecule has 1 unspecified atom stereocenters. The number of hydrogen-bond acceptors (Lipinski definition) is 2. The lowest BCUT2D eigenvalue weighted by Gasteiger charge is -2.19. The van der Waals surface area contributed by atoms with E-state index in [2.05, 4.69) is 36.5 Å². The van der Waals surface area contributed by atoms with Crippen molar-refractivity contribution in [2.45, 2.75) is 38.8 Å². The molecule has 0 radical (unpaired) electrons. The van der Waals surface area contributed by atoms with E-state index in [9.17, 15) is 0 Å². The van der Waals surface area contributed by atoms with Crippen LogP contribution in [0.1, 0.15) is 30.4 Å². The largest absolute Gasteiger partial charge is 0.496 e. The van der Waals surface area contributed by atoms with Crippen molar-refractivity contribution in [2.75, 3.05) is 7.11 Å². The first-order valence-electron chi connectivity index (χ1n) is 6.31. The maximum atomic E-state index is 5.26. The van der Waals surface area contributed by atoms with Crippen LogP contribution < -0.4 is 10.1 Å². The van der Waals surface area contributed by atoms with Crippen molar-refractivity contribution < 1.29 is 4.74 Å². The van der Waals surface area contributed by atoms with E-state index in [-0.39, 0.29) is 0 Å². The van der Waals surface area contributed by atoms with Crippen molar-refractivity contribution in [3.05, 3.63) is 41.5 Å². The van der Waals surface area contributed by atoms with Gasteiger partial charge < -0.3 is 10.1 Å². The minimum absolute atomic E-state index is 0.641. The van der Waals surface area contributed by atoms with Crippen molar-refractivity contribution in [3.8, 4) is 5.75 Å². The lowest BCUT2D eigenvalue weighted by Crippen LogP contribution is -2.29. The number of benzene rings is 1. The second kappa shape index (κ2) is 5.87. The molecule has 1 aliphatic rings. The van der Waals surface area contributed by atoms with Gasteiger partial charge in [-0.2, -0.15) is 0 Å². The smallest absolute Gasteiger partial charge is 0.121 e. The van der Waals surface area contributed by atoms with Crippen LogP contribution in [0.3, 0.4) is 0 Å². The summed E-state index contributed by atoms with van der Waals surface area (Å²) in [7, 11) is 1.72. The molecule has 0 spiro atoms. The Hall–Kier alpha value is -1.28. The summed E-state index contributed by atoms with van der Waals surface area (Å²) in [5.74, 6) is 0.967. The topological polar surface area (TPSA) is 21.3 Å². The van der Waals surface area contributed by atoms with Gasteiger partial charge in [-0.1, -0.05) is 24.3 Å². The number of methoxy groups -OCH3 is 1. The number of aryl methyl sites for hydroxylation is 1. The van der Waals surface area contributed by atoms with Crippen LogP contribution >= 0.6 is 0 Å². The van der Waals surface area contributed by atoms with E-state index >= 15 is 0 Å². The molecule has 0 bridgehead atoms. The van der Waals surface area contributed by atoms with Gasteiger partial charge in [-0.15, -0.1) is 0 Å². The molecule has 1 aromatic carbocycles. The summed E-state index contributed by atoms with van der Waals surface area (Å²) in [6.45, 7) is 3.04. The van der Waals surface area contributed by atoms with Gasteiger partial charge in [0.05, 0.1) is 7.11 Å². The number of hydrogen-bond donors (Lipinski definition) is 1. The Morgan fingerprint density at radius 1 is 1.35 bits per heavy atom. The van der Waals surface area contributed by atoms with Crippen molar-refractivity contribution in [2.24, 2.45) is 0 Å². The fourth-order valence-corrected chi connectivity index (χ4v) is 2.29. The molecule has 2 rings (SSSR count). The highest BCUT2D eigenvalue weighted by atomic mass is 16.5. The second-order valence-corrected chi connectivity index (χ2v) is 4.67. The summed E-state index contributed by atoms with van der Waals surface area (Å²) in [6.07, 6.45) is 8.18. The highest BCUT2D eigenvalue weighted by Crippen LogP contribution is 2.19. The maximum absolute atomic E-state index is 5.26. The maximum Gasteiger partial charge on any atom is 0.121 e. The van der Waals surface area contributed by atoms with Gasteiger partial charge in [-0.05, 0) is 43.4 Å². The lowest BCUT2D eigenvalue weighted by molar-refractivity contribution is 0.411. The molecule has 1 N–H and O–H groups in total. The summed E-state index contributed by atoms with van der Waals surface area (Å²) in [5.41, 5.74) is 2.54. The van der Waals surface area contributed by atoms with Gasteiger partial charge in [0, 0.05) is 12.6 Å². The van der Waals surface area contributed by atoms with Crippen LogP contribution in [0, 0.1) is 6.92 Å². The van der Waals surface area contributed by atoms with Crippen molar-refractivity contribution >= 4 is 0 Å². The Balaban J connectivity index is 1.90. The molecule has 1 aliphatic carbocycles. The number of allylic oxidation sites excluding steroid dienone is 1. The van der Waals surface area contributed by atoms with E-state index in [0.717, 1.165) is 18.7 Å². The van der Waals surface area contributed by atoms with Crippen LogP contribution in [0.4, 0.5) is 0 Å².